The number of thioether (sulfide) groups is 1. The normalized spacial score (nSPS) is 16.2. The molecule has 0 radical (unpaired) electrons. The van der Waals surface area contributed by atoms with Crippen LogP contribution in [0.25, 0.3) is 0 Å². The van der Waals surface area contributed by atoms with Gasteiger partial charge in [0, 0.05) is 24.7 Å². The minimum absolute atomic E-state index is 0.0528. The highest BCUT2D eigenvalue weighted by atomic mass is 32.2. The van der Waals surface area contributed by atoms with Crippen LogP contribution in [0, 0.1) is 0 Å². The van der Waals surface area contributed by atoms with Crippen molar-refractivity contribution in [1.82, 2.24) is 4.90 Å². The predicted octanol–water partition coefficient (Wildman–Crippen LogP) is 5.47. The summed E-state index contributed by atoms with van der Waals surface area (Å²) < 4.78 is 10.6. The van der Waals surface area contributed by atoms with E-state index in [0.717, 1.165) is 5.56 Å². The fourth-order valence-corrected chi connectivity index (χ4v) is 5.12. The predicted molar refractivity (Wildman–Crippen MR) is 154 cm³/mol. The molecule has 1 unspecified atom stereocenters. The van der Waals surface area contributed by atoms with Gasteiger partial charge in [0.15, 0.2) is 5.17 Å². The Morgan fingerprint density at radius 1 is 1.00 bits per heavy atom. The van der Waals surface area contributed by atoms with Gasteiger partial charge in [0.1, 0.15) is 11.0 Å². The van der Waals surface area contributed by atoms with Crippen LogP contribution in [-0.2, 0) is 20.7 Å². The number of aliphatic imine (C=N–C) groups is 1. The first kappa shape index (κ1) is 27.9. The highest BCUT2D eigenvalue weighted by Gasteiger charge is 2.35. The molecule has 1 fully saturated rings. The summed E-state index contributed by atoms with van der Waals surface area (Å²) in [6, 6.07) is 23.7. The number of amidine groups is 1. The van der Waals surface area contributed by atoms with Gasteiger partial charge in [-0.15, -0.1) is 0 Å². The number of benzene rings is 3. The van der Waals surface area contributed by atoms with Crippen molar-refractivity contribution in [2.75, 3.05) is 25.1 Å². The molecule has 2 amide bonds. The number of ether oxygens (including phenoxy) is 2. The molecule has 1 heterocycles. The van der Waals surface area contributed by atoms with Crippen LogP contribution in [0.15, 0.2) is 83.9 Å². The zero-order valence-electron chi connectivity index (χ0n) is 22.0. The molecule has 0 saturated carbocycles. The third kappa shape index (κ3) is 7.70. The number of rotatable bonds is 10. The smallest absolute Gasteiger partial charge is 0.338 e. The lowest BCUT2D eigenvalue weighted by atomic mass is 10.1. The quantitative estimate of drug-likeness (QED) is 0.340. The molecular weight excluding hydrogens is 514 g/mol. The number of anilines is 1. The molecule has 9 heteroatoms. The standard InChI is InChI=1S/C30H31N3O5S/c1-3-37-25-12-8-11-24(19-25)31-28(35)26-20-27(34)33(18-17-21-9-6-5-7-10-21)30(39-26)32-23-15-13-22(14-16-23)29(36)38-4-2/h5-16,19,26H,3-4,17-18,20H2,1-2H3,(H,31,35). The molecule has 1 aliphatic heterocycles. The van der Waals surface area contributed by atoms with E-state index in [9.17, 15) is 14.4 Å². The first-order valence-corrected chi connectivity index (χ1v) is 13.7. The second-order valence-corrected chi connectivity index (χ2v) is 9.87. The molecule has 1 atom stereocenters. The van der Waals surface area contributed by atoms with Gasteiger partial charge in [0.05, 0.1) is 24.5 Å². The minimum Gasteiger partial charge on any atom is -0.494 e. The Bertz CT molecular complexity index is 1330. The van der Waals surface area contributed by atoms with Crippen LogP contribution in [0.4, 0.5) is 11.4 Å². The molecule has 3 aromatic carbocycles. The van der Waals surface area contributed by atoms with Gasteiger partial charge < -0.3 is 14.8 Å². The van der Waals surface area contributed by atoms with E-state index in [-0.39, 0.29) is 24.8 Å². The number of carbonyl (C=O) groups is 3. The summed E-state index contributed by atoms with van der Waals surface area (Å²) in [5, 5.41) is 2.69. The zero-order chi connectivity index (χ0) is 27.6. The maximum Gasteiger partial charge on any atom is 0.338 e. The van der Waals surface area contributed by atoms with Crippen molar-refractivity contribution in [3.8, 4) is 5.75 Å². The summed E-state index contributed by atoms with van der Waals surface area (Å²) in [5.74, 6) is -0.207. The Hall–Kier alpha value is -4.11. The molecule has 3 aromatic rings. The molecule has 0 spiro atoms. The van der Waals surface area contributed by atoms with Crippen molar-refractivity contribution in [1.29, 1.82) is 0 Å². The molecule has 0 bridgehead atoms. The van der Waals surface area contributed by atoms with Crippen LogP contribution in [0.1, 0.15) is 36.2 Å². The highest BCUT2D eigenvalue weighted by Crippen LogP contribution is 2.30. The number of hydrogen-bond donors (Lipinski definition) is 1. The monoisotopic (exact) mass is 545 g/mol. The van der Waals surface area contributed by atoms with Gasteiger partial charge in [-0.2, -0.15) is 0 Å². The summed E-state index contributed by atoms with van der Waals surface area (Å²) >= 11 is 1.25. The van der Waals surface area contributed by atoms with Gasteiger partial charge in [-0.1, -0.05) is 48.2 Å². The van der Waals surface area contributed by atoms with Gasteiger partial charge in [0.2, 0.25) is 11.8 Å². The zero-order valence-corrected chi connectivity index (χ0v) is 22.8. The largest absolute Gasteiger partial charge is 0.494 e. The van der Waals surface area contributed by atoms with E-state index in [0.29, 0.717) is 47.4 Å². The third-order valence-corrected chi connectivity index (χ3v) is 7.10. The Morgan fingerprint density at radius 3 is 2.49 bits per heavy atom. The molecule has 0 aromatic heterocycles. The summed E-state index contributed by atoms with van der Waals surface area (Å²) in [6.45, 7) is 4.88. The number of esters is 1. The summed E-state index contributed by atoms with van der Waals surface area (Å²) in [7, 11) is 0. The fourth-order valence-electron chi connectivity index (χ4n) is 4.00. The number of hydrogen-bond acceptors (Lipinski definition) is 7. The van der Waals surface area contributed by atoms with Crippen molar-refractivity contribution in [3.05, 3.63) is 90.0 Å². The van der Waals surface area contributed by atoms with Crippen LogP contribution < -0.4 is 10.1 Å². The molecule has 202 valence electrons. The molecular formula is C30H31N3O5S. The van der Waals surface area contributed by atoms with Crippen molar-refractivity contribution in [3.63, 3.8) is 0 Å². The van der Waals surface area contributed by atoms with Crippen LogP contribution >= 0.6 is 11.8 Å². The SMILES string of the molecule is CCOC(=O)c1ccc(N=C2SC(C(=O)Nc3cccc(OCC)c3)CC(=O)N2CCc2ccccc2)cc1. The van der Waals surface area contributed by atoms with Crippen molar-refractivity contribution >= 4 is 46.1 Å². The van der Waals surface area contributed by atoms with E-state index in [4.69, 9.17) is 14.5 Å². The number of amides is 2. The first-order valence-electron chi connectivity index (χ1n) is 12.9. The van der Waals surface area contributed by atoms with Gasteiger partial charge in [0.25, 0.3) is 0 Å². The lowest BCUT2D eigenvalue weighted by Crippen LogP contribution is -2.46. The Morgan fingerprint density at radius 2 is 1.77 bits per heavy atom. The molecule has 8 nitrogen and oxygen atoms in total. The van der Waals surface area contributed by atoms with E-state index >= 15 is 0 Å². The average molecular weight is 546 g/mol. The third-order valence-electron chi connectivity index (χ3n) is 5.91. The Balaban J connectivity index is 1.55. The fraction of sp³-hybridized carbons (Fsp3) is 0.267. The van der Waals surface area contributed by atoms with Crippen molar-refractivity contribution < 1.29 is 23.9 Å². The van der Waals surface area contributed by atoms with E-state index in [2.05, 4.69) is 5.32 Å². The summed E-state index contributed by atoms with van der Waals surface area (Å²) in [5.41, 5.74) is 2.68. The summed E-state index contributed by atoms with van der Waals surface area (Å²) in [4.78, 5) is 44.9. The van der Waals surface area contributed by atoms with Gasteiger partial charge >= 0.3 is 5.97 Å². The lowest BCUT2D eigenvalue weighted by Gasteiger charge is -2.32. The lowest BCUT2D eigenvalue weighted by molar-refractivity contribution is -0.129. The molecule has 0 aliphatic carbocycles. The molecule has 1 saturated heterocycles. The molecule has 4 rings (SSSR count). The van der Waals surface area contributed by atoms with Crippen LogP contribution in [0.2, 0.25) is 0 Å². The molecule has 1 aliphatic rings. The van der Waals surface area contributed by atoms with Gasteiger partial charge in [-0.3, -0.25) is 14.5 Å². The highest BCUT2D eigenvalue weighted by molar-refractivity contribution is 8.15. The van der Waals surface area contributed by atoms with Gasteiger partial charge in [-0.25, -0.2) is 9.79 Å². The average Bonchev–Trinajstić information content (AvgIpc) is 2.94. The Kier molecular flexibility index (Phi) is 9.74. The van der Waals surface area contributed by atoms with Crippen LogP contribution in [0.3, 0.4) is 0 Å². The maximum absolute atomic E-state index is 13.3. The summed E-state index contributed by atoms with van der Waals surface area (Å²) in [6.07, 6.45) is 0.701. The second kappa shape index (κ2) is 13.6. The number of nitrogens with one attached hydrogen (secondary N) is 1. The van der Waals surface area contributed by atoms with E-state index in [1.165, 1.54) is 11.8 Å². The van der Waals surface area contributed by atoms with Crippen molar-refractivity contribution in [2.45, 2.75) is 31.9 Å². The Labute approximate surface area is 232 Å². The van der Waals surface area contributed by atoms with Crippen molar-refractivity contribution in [2.24, 2.45) is 4.99 Å². The van der Waals surface area contributed by atoms with E-state index in [1.54, 1.807) is 54.3 Å². The number of carbonyl (C=O) groups excluding carboxylic acids is 3. The minimum atomic E-state index is -0.654. The number of nitrogens with zero attached hydrogens (tertiary/aromatic N) is 2. The second-order valence-electron chi connectivity index (χ2n) is 8.70. The van der Waals surface area contributed by atoms with Crippen LogP contribution in [0.5, 0.6) is 5.75 Å². The molecule has 39 heavy (non-hydrogen) atoms. The first-order chi connectivity index (χ1) is 19.0. The van der Waals surface area contributed by atoms with Crippen LogP contribution in [-0.4, -0.2) is 52.9 Å². The maximum atomic E-state index is 13.3. The topological polar surface area (TPSA) is 97.3 Å². The van der Waals surface area contributed by atoms with Gasteiger partial charge in [-0.05, 0) is 62.2 Å². The van der Waals surface area contributed by atoms with E-state index < -0.39 is 11.2 Å². The van der Waals surface area contributed by atoms with E-state index in [1.807, 2.05) is 43.3 Å². The molecule has 1 N–H and O–H groups in total.